The van der Waals surface area contributed by atoms with Crippen molar-refractivity contribution in [3.8, 4) is 0 Å². The molecule has 1 rings (SSSR count). The van der Waals surface area contributed by atoms with Crippen LogP contribution in [-0.4, -0.2) is 47.5 Å². The van der Waals surface area contributed by atoms with Crippen molar-refractivity contribution < 1.29 is 21.9 Å². The standard InChI is InChI=1S/C11H12O3.2C2H5O.Al/c1-2-14-11(13)8-10(12)9-6-4-3-5-7-9;2*1-2-3;/h3-7H,2,8H2,1H3;2*2H2,1H3;/q;2*-1;+2. The van der Waals surface area contributed by atoms with Crippen LogP contribution >= 0.6 is 0 Å². The summed E-state index contributed by atoms with van der Waals surface area (Å²) in [6.07, 6.45) is -0.183. The second-order valence-electron chi connectivity index (χ2n) is 3.78. The molecule has 1 aromatic carbocycles. The van der Waals surface area contributed by atoms with Crippen LogP contribution in [0, 0.1) is 0 Å². The van der Waals surface area contributed by atoms with Gasteiger partial charge in [0.2, 0.25) is 0 Å². The summed E-state index contributed by atoms with van der Waals surface area (Å²) in [5.74, 6) is -0.676. The Balaban J connectivity index is 0.000000486. The lowest BCUT2D eigenvalue weighted by Crippen LogP contribution is -2.11. The fourth-order valence-electron chi connectivity index (χ4n) is 1.25. The molecule has 5 nitrogen and oxygen atoms in total. The Morgan fingerprint density at radius 2 is 1.52 bits per heavy atom. The van der Waals surface area contributed by atoms with Crippen LogP contribution in [0.4, 0.5) is 0 Å². The maximum absolute atomic E-state index is 11.4. The van der Waals surface area contributed by atoms with Crippen LogP contribution in [-0.2, 0) is 17.1 Å². The van der Waals surface area contributed by atoms with Crippen molar-refractivity contribution in [2.45, 2.75) is 27.2 Å². The lowest BCUT2D eigenvalue weighted by Gasteiger charge is -2.00. The van der Waals surface area contributed by atoms with E-state index in [1.54, 1.807) is 31.2 Å². The second kappa shape index (κ2) is 13.8. The summed E-state index contributed by atoms with van der Waals surface area (Å²) in [5, 5.41) is 0. The van der Waals surface area contributed by atoms with Gasteiger partial charge < -0.3 is 12.3 Å². The maximum atomic E-state index is 11.4. The van der Waals surface area contributed by atoms with Gasteiger partial charge in [0.25, 0.3) is 0 Å². The van der Waals surface area contributed by atoms with E-state index in [9.17, 15) is 9.59 Å². The summed E-state index contributed by atoms with van der Waals surface area (Å²) in [7, 11) is 0. The molecule has 0 saturated carbocycles. The topological polar surface area (TPSA) is 61.8 Å². The lowest BCUT2D eigenvalue weighted by atomic mass is 10.1. The maximum Gasteiger partial charge on any atom is 0.668 e. The van der Waals surface area contributed by atoms with Crippen molar-refractivity contribution in [2.24, 2.45) is 0 Å². The van der Waals surface area contributed by atoms with Gasteiger partial charge in [-0.2, -0.15) is 0 Å². The van der Waals surface area contributed by atoms with Gasteiger partial charge in [0.1, 0.15) is 6.42 Å². The largest absolute Gasteiger partial charge is 0.668 e. The molecule has 0 aliphatic rings. The van der Waals surface area contributed by atoms with Gasteiger partial charge in [0.15, 0.2) is 5.78 Å². The third kappa shape index (κ3) is 11.2. The molecule has 0 aromatic heterocycles. The molecule has 0 bridgehead atoms. The van der Waals surface area contributed by atoms with Gasteiger partial charge in [-0.25, -0.2) is 0 Å². The Morgan fingerprint density at radius 1 is 0.952 bits per heavy atom. The van der Waals surface area contributed by atoms with E-state index < -0.39 is 5.97 Å². The first-order chi connectivity index (χ1) is 10.2. The van der Waals surface area contributed by atoms with E-state index in [1.165, 1.54) is 0 Å². The van der Waals surface area contributed by atoms with Gasteiger partial charge in [-0.15, -0.1) is 0 Å². The fourth-order valence-corrected chi connectivity index (χ4v) is 1.62. The van der Waals surface area contributed by atoms with Gasteiger partial charge in [0.05, 0.1) is 6.61 Å². The first-order valence-electron chi connectivity index (χ1n) is 6.94. The molecular formula is C15H22AlO5. The van der Waals surface area contributed by atoms with Crippen LogP contribution in [0.5, 0.6) is 0 Å². The fraction of sp³-hybridized carbons (Fsp3) is 0.467. The predicted molar refractivity (Wildman–Crippen MR) is 81.0 cm³/mol. The SMILES string of the molecule is CCOC(=O)CC(=O)c1ccccc1.CC[O][Al][O]CC. The smallest absolute Gasteiger partial charge is 0.484 e. The van der Waals surface area contributed by atoms with Crippen molar-refractivity contribution in [3.63, 3.8) is 0 Å². The normalized spacial score (nSPS) is 9.29. The number of carbonyl (C=O) groups excluding carboxylic acids is 2. The first-order valence-corrected chi connectivity index (χ1v) is 7.88. The zero-order valence-electron chi connectivity index (χ0n) is 12.8. The molecule has 115 valence electrons. The Hall–Kier alpha value is -1.19. The van der Waals surface area contributed by atoms with Crippen LogP contribution < -0.4 is 0 Å². The summed E-state index contributed by atoms with van der Waals surface area (Å²) in [4.78, 5) is 22.4. The summed E-state index contributed by atoms with van der Waals surface area (Å²) >= 11 is -0.178. The van der Waals surface area contributed by atoms with E-state index in [4.69, 9.17) is 7.58 Å². The van der Waals surface area contributed by atoms with Crippen LogP contribution in [0.2, 0.25) is 0 Å². The highest BCUT2D eigenvalue weighted by Crippen LogP contribution is 2.03. The van der Waals surface area contributed by atoms with Crippen molar-refractivity contribution in [1.82, 2.24) is 0 Å². The van der Waals surface area contributed by atoms with E-state index in [2.05, 4.69) is 4.74 Å². The van der Waals surface area contributed by atoms with E-state index >= 15 is 0 Å². The lowest BCUT2D eigenvalue weighted by molar-refractivity contribution is -0.141. The van der Waals surface area contributed by atoms with Crippen molar-refractivity contribution >= 4 is 27.6 Å². The quantitative estimate of drug-likeness (QED) is 0.243. The molecule has 0 N–H and O–H groups in total. The molecule has 0 aliphatic heterocycles. The number of hydrogen-bond acceptors (Lipinski definition) is 5. The molecule has 0 unspecified atom stereocenters. The first kappa shape index (κ1) is 19.8. The zero-order valence-corrected chi connectivity index (χ0v) is 14.0. The zero-order chi connectivity index (χ0) is 15.9. The molecule has 0 fully saturated rings. The molecule has 0 atom stereocenters. The van der Waals surface area contributed by atoms with E-state index in [-0.39, 0.29) is 28.1 Å². The van der Waals surface area contributed by atoms with Crippen molar-refractivity contribution in [1.29, 1.82) is 0 Å². The number of ether oxygens (including phenoxy) is 1. The molecule has 0 amide bonds. The van der Waals surface area contributed by atoms with Crippen LogP contribution in [0.3, 0.4) is 0 Å². The summed E-state index contributed by atoms with van der Waals surface area (Å²) < 4.78 is 14.5. The number of benzene rings is 1. The third-order valence-corrected chi connectivity index (χ3v) is 3.11. The van der Waals surface area contributed by atoms with Crippen molar-refractivity contribution in [2.75, 3.05) is 19.8 Å². The number of hydrogen-bond donors (Lipinski definition) is 0. The van der Waals surface area contributed by atoms with Crippen molar-refractivity contribution in [3.05, 3.63) is 35.9 Å². The molecule has 0 aliphatic carbocycles. The highest BCUT2D eigenvalue weighted by molar-refractivity contribution is 6.17. The Bertz CT molecular complexity index is 390. The number of rotatable bonds is 8. The average molecular weight is 309 g/mol. The third-order valence-electron chi connectivity index (χ3n) is 2.18. The minimum atomic E-state index is -0.471. The Kier molecular flexibility index (Phi) is 13.0. The number of carbonyl (C=O) groups is 2. The summed E-state index contributed by atoms with van der Waals surface area (Å²) in [5.41, 5.74) is 0.542. The molecule has 21 heavy (non-hydrogen) atoms. The number of esters is 1. The van der Waals surface area contributed by atoms with Gasteiger partial charge in [-0.3, -0.25) is 9.59 Å². The number of Topliss-reactive ketones (excluding diaryl/α,β-unsaturated/α-hetero) is 1. The van der Waals surface area contributed by atoms with E-state index in [0.29, 0.717) is 12.2 Å². The molecule has 0 saturated heterocycles. The Morgan fingerprint density at radius 3 is 2.00 bits per heavy atom. The van der Waals surface area contributed by atoms with Crippen LogP contribution in [0.15, 0.2) is 30.3 Å². The number of ketones is 1. The van der Waals surface area contributed by atoms with Gasteiger partial charge >= 0.3 is 21.9 Å². The molecule has 1 aromatic rings. The predicted octanol–water partition coefficient (Wildman–Crippen LogP) is 2.42. The van der Waals surface area contributed by atoms with E-state index in [0.717, 1.165) is 13.2 Å². The molecule has 0 heterocycles. The van der Waals surface area contributed by atoms with Crippen LogP contribution in [0.25, 0.3) is 0 Å². The molecule has 1 radical (unpaired) electrons. The van der Waals surface area contributed by atoms with Crippen LogP contribution in [0.1, 0.15) is 37.6 Å². The molecule has 0 spiro atoms. The average Bonchev–Trinajstić information content (AvgIpc) is 2.49. The minimum absolute atomic E-state index is 0.178. The summed E-state index contributed by atoms with van der Waals surface area (Å²) in [6, 6.07) is 8.71. The van der Waals surface area contributed by atoms with Gasteiger partial charge in [0, 0.05) is 18.8 Å². The van der Waals surface area contributed by atoms with Gasteiger partial charge in [-0.1, -0.05) is 30.3 Å². The van der Waals surface area contributed by atoms with E-state index in [1.807, 2.05) is 19.9 Å². The molecule has 6 heteroatoms. The monoisotopic (exact) mass is 309 g/mol. The highest BCUT2D eigenvalue weighted by Gasteiger charge is 2.11. The summed E-state index contributed by atoms with van der Waals surface area (Å²) in [6.45, 7) is 7.49. The minimum Gasteiger partial charge on any atom is -0.484 e. The molecular weight excluding hydrogens is 287 g/mol. The second-order valence-corrected chi connectivity index (χ2v) is 4.64. The van der Waals surface area contributed by atoms with Gasteiger partial charge in [-0.05, 0) is 20.8 Å². The highest BCUT2D eigenvalue weighted by atomic mass is 27.2. The Labute approximate surface area is 133 Å².